The van der Waals surface area contributed by atoms with E-state index in [2.05, 4.69) is 0 Å². The molecule has 0 aliphatic carbocycles. The first kappa shape index (κ1) is 18.4. The number of hydrogen-bond donors (Lipinski definition) is 2. The van der Waals surface area contributed by atoms with E-state index < -0.39 is 15.9 Å². The van der Waals surface area contributed by atoms with Gasteiger partial charge < -0.3 is 4.74 Å². The fraction of sp³-hybridized carbons (Fsp3) is 0.278. The molecule has 2 aromatic rings. The van der Waals surface area contributed by atoms with Gasteiger partial charge in [0.15, 0.2) is 0 Å². The Hall–Kier alpha value is -2.42. The van der Waals surface area contributed by atoms with Gasteiger partial charge in [-0.15, -0.1) is 0 Å². The van der Waals surface area contributed by atoms with Gasteiger partial charge in [-0.05, 0) is 38.1 Å². The third-order valence-electron chi connectivity index (χ3n) is 4.36. The van der Waals surface area contributed by atoms with Gasteiger partial charge in [0.25, 0.3) is 5.91 Å². The summed E-state index contributed by atoms with van der Waals surface area (Å²) in [5.41, 5.74) is 3.44. The number of nitrogens with zero attached hydrogens (tertiary/aromatic N) is 1. The lowest BCUT2D eigenvalue weighted by Gasteiger charge is -2.25. The van der Waals surface area contributed by atoms with Gasteiger partial charge in [-0.3, -0.25) is 10.0 Å². The molecule has 0 radical (unpaired) electrons. The molecule has 26 heavy (non-hydrogen) atoms. The molecule has 2 N–H and O–H groups in total. The molecule has 0 saturated carbocycles. The first-order valence-electron chi connectivity index (χ1n) is 8.11. The van der Waals surface area contributed by atoms with Crippen LogP contribution < -0.4 is 10.2 Å². The molecule has 3 rings (SSSR count). The minimum atomic E-state index is -3.69. The lowest BCUT2D eigenvalue weighted by Crippen LogP contribution is -2.39. The fourth-order valence-corrected chi connectivity index (χ4v) is 4.40. The second kappa shape index (κ2) is 7.06. The number of hydroxylamine groups is 1. The van der Waals surface area contributed by atoms with Crippen LogP contribution >= 0.6 is 0 Å². The van der Waals surface area contributed by atoms with Crippen LogP contribution in [-0.4, -0.2) is 36.5 Å². The zero-order valence-electron chi connectivity index (χ0n) is 14.5. The molecule has 1 aliphatic heterocycles. The number of sulfonamides is 1. The average Bonchev–Trinajstić information content (AvgIpc) is 2.80. The van der Waals surface area contributed by atoms with Crippen LogP contribution in [0.1, 0.15) is 28.4 Å². The number of benzene rings is 2. The smallest absolute Gasteiger partial charge is 0.274 e. The van der Waals surface area contributed by atoms with Crippen molar-refractivity contribution in [2.75, 3.05) is 6.61 Å². The third kappa shape index (κ3) is 3.44. The summed E-state index contributed by atoms with van der Waals surface area (Å²) in [6, 6.07) is 11.0. The van der Waals surface area contributed by atoms with E-state index in [9.17, 15) is 13.2 Å². The maximum atomic E-state index is 13.1. The maximum Gasteiger partial charge on any atom is 0.274 e. The molecule has 0 spiro atoms. The Balaban J connectivity index is 1.97. The summed E-state index contributed by atoms with van der Waals surface area (Å²) in [6.07, 6.45) is 0. The number of ether oxygens (including phenoxy) is 1. The Morgan fingerprint density at radius 1 is 1.23 bits per heavy atom. The van der Waals surface area contributed by atoms with E-state index in [4.69, 9.17) is 9.94 Å². The van der Waals surface area contributed by atoms with E-state index >= 15 is 0 Å². The molecule has 8 heteroatoms. The molecule has 1 aliphatic rings. The lowest BCUT2D eigenvalue weighted by molar-refractivity contribution is 0.0706. The standard InChI is InChI=1S/C18H20N2O5S/c1-12-3-7-16(8-4-12)26(23,24)20-10-15-6-5-14(18(21)19-22)9-17(15)25-11-13(20)2/h3-9,13,22H,10-11H2,1-2H3,(H,19,21)/t13-/m0/s1. The van der Waals surface area contributed by atoms with Gasteiger partial charge in [0.05, 0.1) is 10.9 Å². The highest BCUT2D eigenvalue weighted by Crippen LogP contribution is 2.30. The Morgan fingerprint density at radius 2 is 1.92 bits per heavy atom. The topological polar surface area (TPSA) is 95.9 Å². The molecule has 1 atom stereocenters. The van der Waals surface area contributed by atoms with Crippen molar-refractivity contribution < 1.29 is 23.2 Å². The summed E-state index contributed by atoms with van der Waals surface area (Å²) in [7, 11) is -3.69. The van der Waals surface area contributed by atoms with Crippen LogP contribution in [0.3, 0.4) is 0 Å². The Labute approximate surface area is 152 Å². The monoisotopic (exact) mass is 376 g/mol. The zero-order valence-corrected chi connectivity index (χ0v) is 15.3. The molecular weight excluding hydrogens is 356 g/mol. The number of amides is 1. The maximum absolute atomic E-state index is 13.1. The Bertz CT molecular complexity index is 925. The molecule has 0 saturated heterocycles. The second-order valence-electron chi connectivity index (χ2n) is 6.29. The summed E-state index contributed by atoms with van der Waals surface area (Å²) in [5, 5.41) is 8.76. The van der Waals surface area contributed by atoms with Crippen molar-refractivity contribution in [1.82, 2.24) is 9.79 Å². The van der Waals surface area contributed by atoms with Gasteiger partial charge in [-0.25, -0.2) is 13.9 Å². The van der Waals surface area contributed by atoms with Gasteiger partial charge in [0.2, 0.25) is 10.0 Å². The third-order valence-corrected chi connectivity index (χ3v) is 6.33. The SMILES string of the molecule is Cc1ccc(S(=O)(=O)N2Cc3ccc(C(=O)NO)cc3OC[C@@H]2C)cc1. The Kier molecular flexibility index (Phi) is 4.99. The largest absolute Gasteiger partial charge is 0.492 e. The molecule has 1 amide bonds. The normalized spacial score (nSPS) is 17.7. The van der Waals surface area contributed by atoms with E-state index in [1.165, 1.54) is 16.4 Å². The predicted molar refractivity (Wildman–Crippen MR) is 94.6 cm³/mol. The van der Waals surface area contributed by atoms with Gasteiger partial charge in [-0.1, -0.05) is 23.8 Å². The van der Waals surface area contributed by atoms with Gasteiger partial charge >= 0.3 is 0 Å². The fourth-order valence-electron chi connectivity index (χ4n) is 2.81. The highest BCUT2D eigenvalue weighted by molar-refractivity contribution is 7.89. The van der Waals surface area contributed by atoms with Crippen molar-refractivity contribution >= 4 is 15.9 Å². The van der Waals surface area contributed by atoms with Gasteiger partial charge in [-0.2, -0.15) is 4.31 Å². The molecule has 7 nitrogen and oxygen atoms in total. The summed E-state index contributed by atoms with van der Waals surface area (Å²) in [5.74, 6) is -0.225. The number of fused-ring (bicyclic) bond motifs is 1. The van der Waals surface area contributed by atoms with Crippen molar-refractivity contribution in [3.8, 4) is 5.75 Å². The summed E-state index contributed by atoms with van der Waals surface area (Å²) < 4.78 is 33.2. The van der Waals surface area contributed by atoms with Crippen molar-refractivity contribution in [2.24, 2.45) is 0 Å². The molecule has 0 bridgehead atoms. The predicted octanol–water partition coefficient (Wildman–Crippen LogP) is 2.09. The van der Waals surface area contributed by atoms with E-state index in [0.29, 0.717) is 11.3 Å². The van der Waals surface area contributed by atoms with Crippen LogP contribution in [0.5, 0.6) is 5.75 Å². The first-order chi connectivity index (χ1) is 12.3. The van der Waals surface area contributed by atoms with Crippen LogP contribution in [0.4, 0.5) is 0 Å². The van der Waals surface area contributed by atoms with E-state index in [1.807, 2.05) is 6.92 Å². The average molecular weight is 376 g/mol. The van der Waals surface area contributed by atoms with Crippen LogP contribution in [0.15, 0.2) is 47.4 Å². The van der Waals surface area contributed by atoms with Crippen molar-refractivity contribution in [2.45, 2.75) is 31.3 Å². The van der Waals surface area contributed by atoms with Crippen LogP contribution in [-0.2, 0) is 16.6 Å². The minimum Gasteiger partial charge on any atom is -0.492 e. The molecule has 0 unspecified atom stereocenters. The molecule has 0 fully saturated rings. The molecule has 2 aromatic carbocycles. The second-order valence-corrected chi connectivity index (χ2v) is 8.18. The number of nitrogens with one attached hydrogen (secondary N) is 1. The quantitative estimate of drug-likeness (QED) is 0.632. The van der Waals surface area contributed by atoms with Crippen molar-refractivity contribution in [3.63, 3.8) is 0 Å². The number of hydrogen-bond acceptors (Lipinski definition) is 5. The van der Waals surface area contributed by atoms with Crippen LogP contribution in [0, 0.1) is 6.92 Å². The molecular formula is C18H20N2O5S. The molecule has 138 valence electrons. The summed E-state index contributed by atoms with van der Waals surface area (Å²) >= 11 is 0. The number of carbonyl (C=O) groups is 1. The highest BCUT2D eigenvalue weighted by Gasteiger charge is 2.32. The summed E-state index contributed by atoms with van der Waals surface area (Å²) in [4.78, 5) is 11.8. The Morgan fingerprint density at radius 3 is 2.58 bits per heavy atom. The van der Waals surface area contributed by atoms with Gasteiger partial charge in [0, 0.05) is 17.7 Å². The van der Waals surface area contributed by atoms with Crippen LogP contribution in [0.25, 0.3) is 0 Å². The zero-order chi connectivity index (χ0) is 18.9. The summed E-state index contributed by atoms with van der Waals surface area (Å²) in [6.45, 7) is 3.96. The molecule has 1 heterocycles. The van der Waals surface area contributed by atoms with Crippen molar-refractivity contribution in [1.29, 1.82) is 0 Å². The highest BCUT2D eigenvalue weighted by atomic mass is 32.2. The minimum absolute atomic E-state index is 0.133. The van der Waals surface area contributed by atoms with Crippen molar-refractivity contribution in [3.05, 3.63) is 59.2 Å². The lowest BCUT2D eigenvalue weighted by atomic mass is 10.1. The number of aryl methyl sites for hydroxylation is 1. The van der Waals surface area contributed by atoms with Crippen LogP contribution in [0.2, 0.25) is 0 Å². The number of rotatable bonds is 3. The number of carbonyl (C=O) groups excluding carboxylic acids is 1. The van der Waals surface area contributed by atoms with E-state index in [1.54, 1.807) is 42.7 Å². The van der Waals surface area contributed by atoms with E-state index in [0.717, 1.165) is 5.56 Å². The van der Waals surface area contributed by atoms with Gasteiger partial charge in [0.1, 0.15) is 12.4 Å². The first-order valence-corrected chi connectivity index (χ1v) is 9.55. The molecule has 0 aromatic heterocycles. The van der Waals surface area contributed by atoms with E-state index in [-0.39, 0.29) is 29.7 Å².